The van der Waals surface area contributed by atoms with Crippen molar-refractivity contribution in [2.75, 3.05) is 18.0 Å². The fraction of sp³-hybridized carbons (Fsp3) is 0.500. The molecule has 8 heteroatoms. The first-order valence-corrected chi connectivity index (χ1v) is 12.7. The predicted molar refractivity (Wildman–Crippen MR) is 134 cm³/mol. The van der Waals surface area contributed by atoms with Gasteiger partial charge in [0.15, 0.2) is 5.75 Å². The van der Waals surface area contributed by atoms with Crippen molar-refractivity contribution < 1.29 is 27.5 Å². The van der Waals surface area contributed by atoms with Gasteiger partial charge in [-0.25, -0.2) is 0 Å². The minimum absolute atomic E-state index is 0.0569. The highest BCUT2D eigenvalue weighted by atomic mass is 19.4. The van der Waals surface area contributed by atoms with Gasteiger partial charge in [0, 0.05) is 18.7 Å². The lowest BCUT2D eigenvalue weighted by Gasteiger charge is -2.30. The lowest BCUT2D eigenvalue weighted by atomic mass is 9.93. The van der Waals surface area contributed by atoms with Crippen LogP contribution >= 0.6 is 0 Å². The molecule has 0 radical (unpaired) electrons. The first-order valence-electron chi connectivity index (χ1n) is 12.7. The number of imide groups is 1. The van der Waals surface area contributed by atoms with E-state index in [0.717, 1.165) is 31.4 Å². The molecule has 5 nitrogen and oxygen atoms in total. The van der Waals surface area contributed by atoms with E-state index < -0.39 is 23.6 Å². The maximum absolute atomic E-state index is 13.8. The second-order valence-corrected chi connectivity index (χ2v) is 9.30. The lowest BCUT2D eigenvalue weighted by Crippen LogP contribution is -2.46. The van der Waals surface area contributed by atoms with E-state index >= 15 is 0 Å². The third kappa shape index (κ3) is 5.85. The van der Waals surface area contributed by atoms with Crippen molar-refractivity contribution >= 4 is 17.5 Å². The summed E-state index contributed by atoms with van der Waals surface area (Å²) in [6, 6.07) is 7.55. The van der Waals surface area contributed by atoms with E-state index in [0.29, 0.717) is 41.8 Å². The molecule has 1 unspecified atom stereocenters. The summed E-state index contributed by atoms with van der Waals surface area (Å²) in [6.07, 6.45) is 3.36. The first kappa shape index (κ1) is 27.6. The minimum Gasteiger partial charge on any atom is -0.439 e. The van der Waals surface area contributed by atoms with E-state index in [1.807, 2.05) is 36.1 Å². The van der Waals surface area contributed by atoms with Gasteiger partial charge in [-0.1, -0.05) is 58.6 Å². The number of benzene rings is 1. The molecule has 0 bridgehead atoms. The predicted octanol–water partition coefficient (Wildman–Crippen LogP) is 6.92. The van der Waals surface area contributed by atoms with Crippen LogP contribution in [0.15, 0.2) is 59.0 Å². The van der Waals surface area contributed by atoms with Crippen molar-refractivity contribution in [1.29, 1.82) is 0 Å². The van der Waals surface area contributed by atoms with Crippen LogP contribution in [0.2, 0.25) is 0 Å². The van der Waals surface area contributed by atoms with Crippen LogP contribution in [-0.4, -0.2) is 36.0 Å². The van der Waals surface area contributed by atoms with Crippen LogP contribution in [0.25, 0.3) is 0 Å². The van der Waals surface area contributed by atoms with E-state index in [4.69, 9.17) is 4.74 Å². The molecular formula is C28H35F3N2O3. The number of ether oxygens (including phenoxy) is 1. The number of hydrogen-bond donors (Lipinski definition) is 0. The smallest absolute Gasteiger partial charge is 0.421 e. The molecule has 0 spiro atoms. The molecule has 1 aromatic rings. The highest BCUT2D eigenvalue weighted by Crippen LogP contribution is 2.40. The van der Waals surface area contributed by atoms with Gasteiger partial charge in [-0.15, -0.1) is 0 Å². The zero-order valence-electron chi connectivity index (χ0n) is 21.5. The molecule has 2 aliphatic rings. The number of alkyl halides is 3. The average Bonchev–Trinajstić information content (AvgIpc) is 3.17. The summed E-state index contributed by atoms with van der Waals surface area (Å²) in [4.78, 5) is 28.5. The zero-order chi connectivity index (χ0) is 26.5. The molecule has 36 heavy (non-hydrogen) atoms. The molecule has 196 valence electrons. The average molecular weight is 505 g/mol. The Bertz CT molecular complexity index is 1070. The van der Waals surface area contributed by atoms with Gasteiger partial charge in [-0.05, 0) is 55.5 Å². The SMILES string of the molecule is CCCCC(CC)CN1/C(=C/C=C2/C(=O)N(CCCC)C(=O)C(C(F)(F)F)=C2C)Oc2ccccc21. The fourth-order valence-electron chi connectivity index (χ4n) is 4.57. The lowest BCUT2D eigenvalue weighted by molar-refractivity contribution is -0.148. The molecule has 0 fully saturated rings. The summed E-state index contributed by atoms with van der Waals surface area (Å²) in [6.45, 7) is 7.96. The van der Waals surface area contributed by atoms with Crippen LogP contribution in [0.5, 0.6) is 5.75 Å². The Hall–Kier alpha value is -3.03. The van der Waals surface area contributed by atoms with Gasteiger partial charge in [0.1, 0.15) is 5.57 Å². The molecule has 2 aliphatic heterocycles. The van der Waals surface area contributed by atoms with Crippen molar-refractivity contribution in [1.82, 2.24) is 4.90 Å². The summed E-state index contributed by atoms with van der Waals surface area (Å²) in [5.41, 5.74) is -0.919. The van der Waals surface area contributed by atoms with Gasteiger partial charge in [-0.3, -0.25) is 14.5 Å². The normalized spacial score (nSPS) is 19.4. The Morgan fingerprint density at radius 2 is 1.67 bits per heavy atom. The van der Waals surface area contributed by atoms with Gasteiger partial charge >= 0.3 is 6.18 Å². The van der Waals surface area contributed by atoms with Crippen LogP contribution in [-0.2, 0) is 9.59 Å². The molecule has 0 aliphatic carbocycles. The number of para-hydroxylation sites is 2. The van der Waals surface area contributed by atoms with Gasteiger partial charge in [0.05, 0.1) is 5.69 Å². The Morgan fingerprint density at radius 3 is 2.31 bits per heavy atom. The van der Waals surface area contributed by atoms with Crippen LogP contribution < -0.4 is 9.64 Å². The van der Waals surface area contributed by atoms with E-state index in [9.17, 15) is 22.8 Å². The molecule has 3 rings (SSSR count). The van der Waals surface area contributed by atoms with Crippen LogP contribution in [0.3, 0.4) is 0 Å². The Kier molecular flexibility index (Phi) is 9.03. The molecule has 2 heterocycles. The number of fused-ring (bicyclic) bond motifs is 1. The van der Waals surface area contributed by atoms with Gasteiger partial charge in [0.2, 0.25) is 5.88 Å². The number of halogens is 3. The van der Waals surface area contributed by atoms with Crippen LogP contribution in [0.1, 0.15) is 66.2 Å². The van der Waals surface area contributed by atoms with Crippen molar-refractivity contribution in [2.45, 2.75) is 72.4 Å². The van der Waals surface area contributed by atoms with Crippen LogP contribution in [0.4, 0.5) is 18.9 Å². The van der Waals surface area contributed by atoms with Gasteiger partial charge in [-0.2, -0.15) is 13.2 Å². The number of carbonyl (C=O) groups excluding carboxylic acids is 2. The van der Waals surface area contributed by atoms with E-state index in [2.05, 4.69) is 13.8 Å². The monoisotopic (exact) mass is 504 g/mol. The van der Waals surface area contributed by atoms with E-state index in [1.54, 1.807) is 6.08 Å². The minimum atomic E-state index is -4.86. The molecule has 1 aromatic carbocycles. The maximum atomic E-state index is 13.8. The number of allylic oxidation sites excluding steroid dienone is 2. The van der Waals surface area contributed by atoms with E-state index in [1.165, 1.54) is 13.0 Å². The highest BCUT2D eigenvalue weighted by Gasteiger charge is 2.47. The fourth-order valence-corrected chi connectivity index (χ4v) is 4.57. The van der Waals surface area contributed by atoms with E-state index in [-0.39, 0.29) is 17.7 Å². The second-order valence-electron chi connectivity index (χ2n) is 9.30. The zero-order valence-corrected chi connectivity index (χ0v) is 21.5. The quantitative estimate of drug-likeness (QED) is 0.256. The van der Waals surface area contributed by atoms with Crippen LogP contribution in [0, 0.1) is 5.92 Å². The Balaban J connectivity index is 2.03. The standard InChI is InChI=1S/C28H35F3N2O3/c1-5-8-12-20(7-3)18-33-22-13-10-11-14-23(22)36-24(33)16-15-21-19(4)25(28(29,30)31)27(35)32(26(21)34)17-9-6-2/h10-11,13-16,20H,5-9,12,17-18H2,1-4H3/b21-15+,24-16-. The third-order valence-corrected chi connectivity index (χ3v) is 6.75. The van der Waals surface area contributed by atoms with Crippen molar-refractivity contribution in [3.8, 4) is 5.75 Å². The topological polar surface area (TPSA) is 49.9 Å². The second kappa shape index (κ2) is 11.8. The molecule has 0 aromatic heterocycles. The summed E-state index contributed by atoms with van der Waals surface area (Å²) < 4.78 is 47.5. The summed E-state index contributed by atoms with van der Waals surface area (Å²) in [5, 5.41) is 0. The highest BCUT2D eigenvalue weighted by molar-refractivity contribution is 6.17. The molecule has 0 N–H and O–H groups in total. The van der Waals surface area contributed by atoms with Gasteiger partial charge in [0.25, 0.3) is 11.8 Å². The maximum Gasteiger partial charge on any atom is 0.421 e. The summed E-state index contributed by atoms with van der Waals surface area (Å²) >= 11 is 0. The number of amides is 2. The molecular weight excluding hydrogens is 469 g/mol. The Morgan fingerprint density at radius 1 is 0.972 bits per heavy atom. The number of hydrogen-bond acceptors (Lipinski definition) is 4. The van der Waals surface area contributed by atoms with Gasteiger partial charge < -0.3 is 9.64 Å². The number of anilines is 1. The summed E-state index contributed by atoms with van der Waals surface area (Å²) in [7, 11) is 0. The van der Waals surface area contributed by atoms with Crippen molar-refractivity contribution in [3.63, 3.8) is 0 Å². The molecule has 1 atom stereocenters. The summed E-state index contributed by atoms with van der Waals surface area (Å²) in [5.74, 6) is -0.480. The number of unbranched alkanes of at least 4 members (excludes halogenated alkanes) is 2. The van der Waals surface area contributed by atoms with Crippen molar-refractivity contribution in [3.05, 3.63) is 59.0 Å². The molecule has 2 amide bonds. The third-order valence-electron chi connectivity index (χ3n) is 6.75. The largest absolute Gasteiger partial charge is 0.439 e. The number of nitrogens with zero attached hydrogens (tertiary/aromatic N) is 2. The number of carbonyl (C=O) groups is 2. The molecule has 0 saturated carbocycles. The number of rotatable bonds is 10. The molecule has 0 saturated heterocycles. The first-order chi connectivity index (χ1) is 17.1. The Labute approximate surface area is 211 Å². The van der Waals surface area contributed by atoms with Crippen molar-refractivity contribution in [2.24, 2.45) is 5.92 Å².